The van der Waals surface area contributed by atoms with Crippen molar-refractivity contribution < 1.29 is 14.4 Å². The maximum absolute atomic E-state index is 5.83. The smallest absolute Gasteiger partial charge is 0.222 e. The summed E-state index contributed by atoms with van der Waals surface area (Å²) in [5.41, 5.74) is 2.55. The van der Waals surface area contributed by atoms with Crippen molar-refractivity contribution in [3.63, 3.8) is 0 Å². The van der Waals surface area contributed by atoms with E-state index in [1.54, 1.807) is 7.11 Å². The van der Waals surface area contributed by atoms with E-state index in [4.69, 9.17) is 9.47 Å². The fraction of sp³-hybridized carbons (Fsp3) is 0.250. The van der Waals surface area contributed by atoms with Crippen LogP contribution in [0, 0.1) is 0 Å². The van der Waals surface area contributed by atoms with Crippen LogP contribution in [0.5, 0.6) is 11.5 Å². The van der Waals surface area contributed by atoms with Crippen molar-refractivity contribution in [2.24, 2.45) is 0 Å². The molecule has 0 radical (unpaired) electrons. The lowest BCUT2D eigenvalue weighted by atomic mass is 10.1. The highest BCUT2D eigenvalue weighted by Gasteiger charge is 2.20. The second kappa shape index (κ2) is 5.85. The Morgan fingerprint density at radius 3 is 2.75 bits per heavy atom. The fourth-order valence-electron chi connectivity index (χ4n) is 2.47. The van der Waals surface area contributed by atoms with Gasteiger partial charge >= 0.3 is 0 Å². The number of benzene rings is 2. The van der Waals surface area contributed by atoms with E-state index in [0.717, 1.165) is 29.1 Å². The molecule has 0 amide bonds. The molecule has 1 atom stereocenters. The Labute approximate surface area is 127 Å². The number of fused-ring (bicyclic) bond motifs is 1. The summed E-state index contributed by atoms with van der Waals surface area (Å²) in [6.45, 7) is 2.65. The molecule has 0 aliphatic carbocycles. The first-order valence-corrected chi connectivity index (χ1v) is 7.41. The van der Waals surface area contributed by atoms with E-state index in [1.165, 1.54) is 16.0 Å². The van der Waals surface area contributed by atoms with Crippen molar-refractivity contribution in [3.8, 4) is 11.5 Å². The minimum absolute atomic E-state index is 0.709. The van der Waals surface area contributed by atoms with Gasteiger partial charge in [-0.3, -0.25) is 4.90 Å². The molecule has 0 aromatic heterocycles. The molecule has 0 bridgehead atoms. The van der Waals surface area contributed by atoms with E-state index in [2.05, 4.69) is 34.1 Å². The van der Waals surface area contributed by atoms with Gasteiger partial charge in [0.1, 0.15) is 24.6 Å². The minimum Gasteiger partial charge on any atom is -0.497 e. The van der Waals surface area contributed by atoms with Crippen LogP contribution in [0.3, 0.4) is 0 Å². The number of nitrogens with one attached hydrogen (secondary N) is 1. The Hall–Kier alpha value is -1.52. The molecule has 0 spiro atoms. The fourth-order valence-corrected chi connectivity index (χ4v) is 2.88. The maximum atomic E-state index is 5.83. The maximum Gasteiger partial charge on any atom is 0.222 e. The van der Waals surface area contributed by atoms with Crippen LogP contribution in [0.2, 0.25) is 0 Å². The van der Waals surface area contributed by atoms with E-state index in [-0.39, 0.29) is 0 Å². The third-order valence-electron chi connectivity index (χ3n) is 3.51. The first-order chi connectivity index (χ1) is 9.74. The number of ether oxygens (including phenoxy) is 2. The van der Waals surface area contributed by atoms with Crippen molar-refractivity contribution in [3.05, 3.63) is 58.1 Å². The van der Waals surface area contributed by atoms with Gasteiger partial charge in [-0.15, -0.1) is 0 Å². The molecule has 1 aliphatic heterocycles. The first-order valence-electron chi connectivity index (χ1n) is 6.62. The summed E-state index contributed by atoms with van der Waals surface area (Å²) in [6.07, 6.45) is 0. The van der Waals surface area contributed by atoms with E-state index >= 15 is 0 Å². The topological polar surface area (TPSA) is 22.9 Å². The van der Waals surface area contributed by atoms with E-state index in [0.29, 0.717) is 6.73 Å². The van der Waals surface area contributed by atoms with Gasteiger partial charge in [-0.2, -0.15) is 0 Å². The standard InChI is InChI=1S/C16H16BrNO2/c1-19-15-5-2-12(3-6-15)9-18-10-13-8-14(17)4-7-16(13)20-11-18/h2-8H,9-11H2,1H3/p+1. The van der Waals surface area contributed by atoms with E-state index in [1.807, 2.05) is 24.3 Å². The van der Waals surface area contributed by atoms with Crippen LogP contribution in [-0.4, -0.2) is 13.8 Å². The number of hydrogen-bond donors (Lipinski definition) is 1. The van der Waals surface area contributed by atoms with Gasteiger partial charge in [-0.1, -0.05) is 15.9 Å². The highest BCUT2D eigenvalue weighted by Crippen LogP contribution is 2.23. The van der Waals surface area contributed by atoms with Gasteiger partial charge in [0.05, 0.1) is 7.11 Å². The Bertz CT molecular complexity index is 598. The molecule has 1 N–H and O–H groups in total. The van der Waals surface area contributed by atoms with Crippen molar-refractivity contribution in [2.45, 2.75) is 13.1 Å². The first kappa shape index (κ1) is 13.5. The van der Waals surface area contributed by atoms with Crippen molar-refractivity contribution in [2.75, 3.05) is 13.8 Å². The number of halogens is 1. The second-order valence-corrected chi connectivity index (χ2v) is 5.91. The summed E-state index contributed by atoms with van der Waals surface area (Å²) in [5, 5.41) is 0. The predicted molar refractivity (Wildman–Crippen MR) is 81.0 cm³/mol. The predicted octanol–water partition coefficient (Wildman–Crippen LogP) is 2.39. The third kappa shape index (κ3) is 2.97. The summed E-state index contributed by atoms with van der Waals surface area (Å²) in [6, 6.07) is 14.4. The summed E-state index contributed by atoms with van der Waals surface area (Å²) in [4.78, 5) is 1.40. The summed E-state index contributed by atoms with van der Waals surface area (Å²) >= 11 is 3.51. The summed E-state index contributed by atoms with van der Waals surface area (Å²) < 4.78 is 12.1. The van der Waals surface area contributed by atoms with Crippen LogP contribution in [0.15, 0.2) is 46.9 Å². The molecule has 3 rings (SSSR count). The molecule has 0 saturated heterocycles. The van der Waals surface area contributed by atoms with Crippen LogP contribution >= 0.6 is 15.9 Å². The lowest BCUT2D eigenvalue weighted by Gasteiger charge is -2.26. The molecule has 1 heterocycles. The van der Waals surface area contributed by atoms with Gasteiger partial charge in [0.15, 0.2) is 0 Å². The molecular formula is C16H17BrNO2+. The lowest BCUT2D eigenvalue weighted by Crippen LogP contribution is -3.10. The van der Waals surface area contributed by atoms with Gasteiger partial charge in [0.2, 0.25) is 6.73 Å². The number of methoxy groups -OCH3 is 1. The monoisotopic (exact) mass is 334 g/mol. The van der Waals surface area contributed by atoms with E-state index in [9.17, 15) is 0 Å². The van der Waals surface area contributed by atoms with Gasteiger partial charge < -0.3 is 9.47 Å². The van der Waals surface area contributed by atoms with Crippen LogP contribution < -0.4 is 14.4 Å². The zero-order valence-electron chi connectivity index (χ0n) is 11.4. The average molecular weight is 335 g/mol. The zero-order chi connectivity index (χ0) is 13.9. The number of hydrogen-bond acceptors (Lipinski definition) is 2. The summed E-state index contributed by atoms with van der Waals surface area (Å²) in [5.74, 6) is 1.90. The van der Waals surface area contributed by atoms with Crippen LogP contribution in [0.25, 0.3) is 0 Å². The number of rotatable bonds is 3. The summed E-state index contributed by atoms with van der Waals surface area (Å²) in [7, 11) is 1.69. The van der Waals surface area contributed by atoms with Crippen molar-refractivity contribution in [1.82, 2.24) is 0 Å². The quantitative estimate of drug-likeness (QED) is 0.931. The molecule has 0 saturated carbocycles. The average Bonchev–Trinajstić information content (AvgIpc) is 2.47. The largest absolute Gasteiger partial charge is 0.497 e. The van der Waals surface area contributed by atoms with Gasteiger partial charge in [0.25, 0.3) is 0 Å². The Balaban J connectivity index is 1.70. The molecular weight excluding hydrogens is 318 g/mol. The lowest BCUT2D eigenvalue weighted by molar-refractivity contribution is -0.945. The van der Waals surface area contributed by atoms with Gasteiger partial charge in [-0.05, 0) is 42.5 Å². The molecule has 3 nitrogen and oxygen atoms in total. The highest BCUT2D eigenvalue weighted by molar-refractivity contribution is 9.10. The van der Waals surface area contributed by atoms with Crippen LogP contribution in [-0.2, 0) is 13.1 Å². The van der Waals surface area contributed by atoms with E-state index < -0.39 is 0 Å². The van der Waals surface area contributed by atoms with Gasteiger partial charge in [-0.25, -0.2) is 0 Å². The van der Waals surface area contributed by atoms with Gasteiger partial charge in [0, 0.05) is 15.6 Å². The van der Waals surface area contributed by atoms with Crippen LogP contribution in [0.4, 0.5) is 0 Å². The second-order valence-electron chi connectivity index (χ2n) is 4.99. The molecule has 1 unspecified atom stereocenters. The minimum atomic E-state index is 0.709. The number of quaternary nitrogens is 1. The molecule has 20 heavy (non-hydrogen) atoms. The molecule has 1 aliphatic rings. The molecule has 0 fully saturated rings. The molecule has 104 valence electrons. The van der Waals surface area contributed by atoms with Crippen LogP contribution in [0.1, 0.15) is 11.1 Å². The molecule has 2 aromatic carbocycles. The SMILES string of the molecule is COc1ccc(C[NH+]2COc3ccc(Br)cc3C2)cc1. The normalized spacial score (nSPS) is 17.2. The third-order valence-corrected chi connectivity index (χ3v) is 4.00. The van der Waals surface area contributed by atoms with Crippen molar-refractivity contribution in [1.29, 1.82) is 0 Å². The highest BCUT2D eigenvalue weighted by atomic mass is 79.9. The Morgan fingerprint density at radius 1 is 1.20 bits per heavy atom. The molecule has 4 heteroatoms. The van der Waals surface area contributed by atoms with Crippen molar-refractivity contribution >= 4 is 15.9 Å². The zero-order valence-corrected chi connectivity index (χ0v) is 12.9. The Kier molecular flexibility index (Phi) is 3.94. The Morgan fingerprint density at radius 2 is 2.00 bits per heavy atom. The molecule has 2 aromatic rings.